The van der Waals surface area contributed by atoms with Gasteiger partial charge in [0.05, 0.1) is 69.9 Å². The molecule has 3 heterocycles. The average molecular weight is 765 g/mol. The van der Waals surface area contributed by atoms with Gasteiger partial charge in [-0.15, -0.1) is 0 Å². The Hall–Kier alpha value is -9.40. The molecule has 7 aromatic carbocycles. The maximum atomic E-state index is 11.4. The molecule has 0 spiro atoms. The third-order valence-electron chi connectivity index (χ3n) is 10.7. The highest BCUT2D eigenvalue weighted by Crippen LogP contribution is 2.42. The van der Waals surface area contributed by atoms with Crippen molar-refractivity contribution >= 4 is 55.0 Å². The molecule has 0 N–H and O–H groups in total. The lowest BCUT2D eigenvalue weighted by Crippen LogP contribution is -2.07. The molecule has 10 aromatic rings. The number of benzene rings is 7. The van der Waals surface area contributed by atoms with Gasteiger partial charge in [-0.1, -0.05) is 72.8 Å². The van der Waals surface area contributed by atoms with E-state index in [1.165, 1.54) is 0 Å². The molecule has 10 nitrogen and oxygen atoms in total. The largest absolute Gasteiger partial charge is 0.308 e. The molecular weight excluding hydrogens is 741 g/mol. The Labute approximate surface area is 342 Å². The number of nitrogens with zero attached hydrogens (tertiary/aromatic N) is 10. The summed E-state index contributed by atoms with van der Waals surface area (Å²) >= 11 is 0. The molecular formula is C50H24N10. The van der Waals surface area contributed by atoms with Gasteiger partial charge in [0.15, 0.2) is 28.8 Å². The van der Waals surface area contributed by atoms with Crippen LogP contribution in [0.2, 0.25) is 0 Å². The first kappa shape index (κ1) is 35.0. The molecule has 0 bridgehead atoms. The van der Waals surface area contributed by atoms with Crippen LogP contribution in [-0.4, -0.2) is 24.1 Å². The minimum absolute atomic E-state index is 0.314. The van der Waals surface area contributed by atoms with Crippen LogP contribution in [0.1, 0.15) is 16.7 Å². The van der Waals surface area contributed by atoms with Crippen LogP contribution in [0.5, 0.6) is 0 Å². The standard InChI is InChI=1S/C50H24N10/c1-54-35-15-19-44-39(25-35)40-26-36(55-2)16-20-45(40)60(44)47-24-34(50-57-48(32-9-5-3-6-10-32)56-49(58-50)33-11-7-4-8-12-33)23-46(41(47)29-53)59-42-17-13-30(27-51)21-37(42)38-22-31(28-52)14-18-43(38)59/h3-26H. The van der Waals surface area contributed by atoms with Gasteiger partial charge in [0.2, 0.25) is 0 Å². The molecule has 0 fully saturated rings. The second-order valence-corrected chi connectivity index (χ2v) is 14.0. The van der Waals surface area contributed by atoms with Gasteiger partial charge in [-0.3, -0.25) is 0 Å². The minimum Gasteiger partial charge on any atom is -0.308 e. The van der Waals surface area contributed by atoms with Crippen molar-refractivity contribution in [2.75, 3.05) is 0 Å². The van der Waals surface area contributed by atoms with Gasteiger partial charge in [0, 0.05) is 27.5 Å². The maximum absolute atomic E-state index is 11.4. The van der Waals surface area contributed by atoms with Crippen molar-refractivity contribution in [2.24, 2.45) is 0 Å². The Balaban J connectivity index is 1.37. The Bertz CT molecular complexity index is 3290. The maximum Gasteiger partial charge on any atom is 0.188 e. The normalized spacial score (nSPS) is 10.9. The molecule has 0 saturated heterocycles. The summed E-state index contributed by atoms with van der Waals surface area (Å²) in [5.74, 6) is 1.29. The van der Waals surface area contributed by atoms with E-state index in [1.54, 1.807) is 36.4 Å². The first-order valence-electron chi connectivity index (χ1n) is 18.7. The molecule has 0 unspecified atom stereocenters. The van der Waals surface area contributed by atoms with Gasteiger partial charge in [-0.25, -0.2) is 24.6 Å². The van der Waals surface area contributed by atoms with Crippen molar-refractivity contribution in [1.82, 2.24) is 24.1 Å². The number of hydrogen-bond donors (Lipinski definition) is 0. The lowest BCUT2D eigenvalue weighted by Gasteiger charge is -2.18. The fraction of sp³-hybridized carbons (Fsp3) is 0. The van der Waals surface area contributed by atoms with Gasteiger partial charge in [0.25, 0.3) is 0 Å². The van der Waals surface area contributed by atoms with E-state index in [0.29, 0.717) is 62.5 Å². The average Bonchev–Trinajstić information content (AvgIpc) is 3.82. The first-order chi connectivity index (χ1) is 29.5. The molecule has 0 saturated carbocycles. The first-order valence-corrected chi connectivity index (χ1v) is 18.7. The fourth-order valence-electron chi connectivity index (χ4n) is 7.97. The van der Waals surface area contributed by atoms with Crippen molar-refractivity contribution in [1.29, 1.82) is 15.8 Å². The van der Waals surface area contributed by atoms with E-state index in [-0.39, 0.29) is 0 Å². The lowest BCUT2D eigenvalue weighted by molar-refractivity contribution is 1.06. The highest BCUT2D eigenvalue weighted by Gasteiger charge is 2.24. The number of rotatable bonds is 5. The third-order valence-corrected chi connectivity index (χ3v) is 10.7. The van der Waals surface area contributed by atoms with Crippen molar-refractivity contribution in [2.45, 2.75) is 0 Å². The molecule has 0 aliphatic heterocycles. The van der Waals surface area contributed by atoms with Gasteiger partial charge in [-0.05, 0) is 83.6 Å². The molecule has 0 atom stereocenters. The number of aromatic nitrogens is 5. The van der Waals surface area contributed by atoms with E-state index in [0.717, 1.165) is 54.7 Å². The highest BCUT2D eigenvalue weighted by molar-refractivity contribution is 6.13. The summed E-state index contributed by atoms with van der Waals surface area (Å²) in [6.07, 6.45) is 0. The van der Waals surface area contributed by atoms with E-state index in [1.807, 2.05) is 118 Å². The summed E-state index contributed by atoms with van der Waals surface area (Å²) in [6.45, 7) is 15.6. The predicted octanol–water partition coefficient (Wildman–Crippen LogP) is 11.8. The summed E-state index contributed by atoms with van der Waals surface area (Å²) in [6, 6.07) is 51.8. The number of hydrogen-bond acceptors (Lipinski definition) is 6. The molecule has 0 radical (unpaired) electrons. The van der Waals surface area contributed by atoms with Gasteiger partial charge in [0.1, 0.15) is 11.6 Å². The molecule has 60 heavy (non-hydrogen) atoms. The topological polar surface area (TPSA) is 129 Å². The quantitative estimate of drug-likeness (QED) is 0.160. The smallest absolute Gasteiger partial charge is 0.188 e. The molecule has 3 aromatic heterocycles. The minimum atomic E-state index is 0.314. The van der Waals surface area contributed by atoms with Crippen molar-refractivity contribution in [3.05, 3.63) is 185 Å². The molecule has 0 aliphatic rings. The Morgan fingerprint density at radius 1 is 0.417 bits per heavy atom. The zero-order valence-electron chi connectivity index (χ0n) is 31.3. The SMILES string of the molecule is [C-]#[N+]c1ccc2c(c1)c1cc([N+]#[C-])ccc1n2-c1cc(-c2nc(-c3ccccc3)nc(-c3ccccc3)n2)cc(-n2c3ccc(C#N)cc3c3cc(C#N)ccc32)c1C#N. The Kier molecular flexibility index (Phi) is 8.16. The van der Waals surface area contributed by atoms with E-state index >= 15 is 0 Å². The zero-order valence-corrected chi connectivity index (χ0v) is 31.3. The van der Waals surface area contributed by atoms with Gasteiger partial charge in [-0.2, -0.15) is 15.8 Å². The lowest BCUT2D eigenvalue weighted by atomic mass is 10.0. The van der Waals surface area contributed by atoms with Crippen LogP contribution < -0.4 is 0 Å². The van der Waals surface area contributed by atoms with Crippen molar-refractivity contribution in [3.8, 4) is 63.7 Å². The van der Waals surface area contributed by atoms with Gasteiger partial charge >= 0.3 is 0 Å². The molecule has 10 heteroatoms. The summed E-state index contributed by atoms with van der Waals surface area (Å²) in [7, 11) is 0. The van der Waals surface area contributed by atoms with Crippen LogP contribution in [0.3, 0.4) is 0 Å². The van der Waals surface area contributed by atoms with Crippen molar-refractivity contribution in [3.63, 3.8) is 0 Å². The number of fused-ring (bicyclic) bond motifs is 6. The van der Waals surface area contributed by atoms with E-state index in [4.69, 9.17) is 28.1 Å². The van der Waals surface area contributed by atoms with Crippen LogP contribution in [-0.2, 0) is 0 Å². The van der Waals surface area contributed by atoms with Crippen LogP contribution in [0, 0.1) is 47.1 Å². The number of nitriles is 3. The van der Waals surface area contributed by atoms with Crippen LogP contribution in [0.15, 0.2) is 146 Å². The fourth-order valence-corrected chi connectivity index (χ4v) is 7.97. The van der Waals surface area contributed by atoms with E-state index < -0.39 is 0 Å². The molecule has 10 rings (SSSR count). The predicted molar refractivity (Wildman–Crippen MR) is 231 cm³/mol. The zero-order chi connectivity index (χ0) is 40.9. The van der Waals surface area contributed by atoms with Crippen molar-refractivity contribution < 1.29 is 0 Å². The second kappa shape index (κ2) is 14.0. The molecule has 0 aliphatic carbocycles. The van der Waals surface area contributed by atoms with Crippen LogP contribution >= 0.6 is 0 Å². The molecule has 0 amide bonds. The Morgan fingerprint density at radius 2 is 0.800 bits per heavy atom. The van der Waals surface area contributed by atoms with Crippen LogP contribution in [0.25, 0.3) is 98.8 Å². The van der Waals surface area contributed by atoms with Gasteiger partial charge < -0.3 is 9.13 Å². The Morgan fingerprint density at radius 3 is 1.18 bits per heavy atom. The molecule has 274 valence electrons. The van der Waals surface area contributed by atoms with E-state index in [9.17, 15) is 15.8 Å². The third kappa shape index (κ3) is 5.57. The van der Waals surface area contributed by atoms with Crippen LogP contribution in [0.4, 0.5) is 11.4 Å². The summed E-state index contributed by atoms with van der Waals surface area (Å²) in [5, 5.41) is 34.2. The highest BCUT2D eigenvalue weighted by atomic mass is 15.1. The monoisotopic (exact) mass is 764 g/mol. The summed E-state index contributed by atoms with van der Waals surface area (Å²) in [4.78, 5) is 22.5. The summed E-state index contributed by atoms with van der Waals surface area (Å²) < 4.78 is 3.97. The van der Waals surface area contributed by atoms with E-state index in [2.05, 4.69) is 27.9 Å². The second-order valence-electron chi connectivity index (χ2n) is 14.0. The summed E-state index contributed by atoms with van der Waals surface area (Å²) in [5.41, 5.74) is 8.18.